The van der Waals surface area contributed by atoms with Crippen LogP contribution in [0.3, 0.4) is 0 Å². The summed E-state index contributed by atoms with van der Waals surface area (Å²) in [5, 5.41) is 9.12. The lowest BCUT2D eigenvalue weighted by atomic mass is 10.2. The molecule has 0 amide bonds. The first-order valence-corrected chi connectivity index (χ1v) is 6.99. The number of aliphatic hydroxyl groups excluding tert-OH is 1. The van der Waals surface area contributed by atoms with E-state index >= 15 is 0 Å². The first kappa shape index (κ1) is 14.2. The Balaban J connectivity index is 1.64. The Bertz CT molecular complexity index is 233. The molecule has 3 atom stereocenters. The Kier molecular flexibility index (Phi) is 5.85. The molecule has 18 heavy (non-hydrogen) atoms. The number of hydrogen-bond acceptors (Lipinski definition) is 5. The average Bonchev–Trinajstić information content (AvgIpc) is 2.42. The molecule has 2 rings (SSSR count). The Morgan fingerprint density at radius 1 is 1.33 bits per heavy atom. The van der Waals surface area contributed by atoms with Gasteiger partial charge in [0.25, 0.3) is 0 Å². The van der Waals surface area contributed by atoms with Gasteiger partial charge in [-0.1, -0.05) is 0 Å². The van der Waals surface area contributed by atoms with Crippen molar-refractivity contribution in [1.82, 2.24) is 4.90 Å². The van der Waals surface area contributed by atoms with Crippen LogP contribution in [-0.2, 0) is 14.2 Å². The summed E-state index contributed by atoms with van der Waals surface area (Å²) in [5.41, 5.74) is 0. The Hall–Kier alpha value is -0.200. The average molecular weight is 259 g/mol. The minimum absolute atomic E-state index is 0.0104. The predicted molar refractivity (Wildman–Crippen MR) is 67.4 cm³/mol. The summed E-state index contributed by atoms with van der Waals surface area (Å²) in [6.07, 6.45) is 3.30. The maximum absolute atomic E-state index is 9.12. The summed E-state index contributed by atoms with van der Waals surface area (Å²) in [4.78, 5) is 2.31. The SMILES string of the molecule is CC1COC(CO)CN1CCOC1CCCCO1. The van der Waals surface area contributed by atoms with E-state index in [9.17, 15) is 0 Å². The highest BCUT2D eigenvalue weighted by Crippen LogP contribution is 2.15. The van der Waals surface area contributed by atoms with Crippen LogP contribution in [0.25, 0.3) is 0 Å². The topological polar surface area (TPSA) is 51.2 Å². The monoisotopic (exact) mass is 259 g/mol. The van der Waals surface area contributed by atoms with E-state index in [2.05, 4.69) is 11.8 Å². The number of hydrogen-bond donors (Lipinski definition) is 1. The molecule has 106 valence electrons. The first-order valence-electron chi connectivity index (χ1n) is 6.99. The van der Waals surface area contributed by atoms with Crippen LogP contribution in [0.2, 0.25) is 0 Å². The summed E-state index contributed by atoms with van der Waals surface area (Å²) >= 11 is 0. The number of morpholine rings is 1. The zero-order chi connectivity index (χ0) is 12.8. The lowest BCUT2D eigenvalue weighted by molar-refractivity contribution is -0.168. The molecule has 2 saturated heterocycles. The fourth-order valence-electron chi connectivity index (χ4n) is 2.44. The van der Waals surface area contributed by atoms with E-state index in [1.165, 1.54) is 6.42 Å². The molecule has 0 saturated carbocycles. The zero-order valence-electron chi connectivity index (χ0n) is 11.2. The third-order valence-corrected chi connectivity index (χ3v) is 3.66. The first-order chi connectivity index (χ1) is 8.79. The minimum atomic E-state index is -0.0490. The maximum Gasteiger partial charge on any atom is 0.157 e. The molecule has 1 N–H and O–H groups in total. The van der Waals surface area contributed by atoms with Crippen LogP contribution >= 0.6 is 0 Å². The van der Waals surface area contributed by atoms with Gasteiger partial charge in [0.15, 0.2) is 6.29 Å². The molecule has 5 nitrogen and oxygen atoms in total. The highest BCUT2D eigenvalue weighted by atomic mass is 16.7. The molecule has 0 aliphatic carbocycles. The second kappa shape index (κ2) is 7.40. The lowest BCUT2D eigenvalue weighted by Crippen LogP contribution is -2.50. The van der Waals surface area contributed by atoms with Gasteiger partial charge in [0.05, 0.1) is 25.9 Å². The molecule has 0 spiro atoms. The fourth-order valence-corrected chi connectivity index (χ4v) is 2.44. The second-order valence-electron chi connectivity index (χ2n) is 5.15. The normalized spacial score (nSPS) is 34.7. The summed E-state index contributed by atoms with van der Waals surface area (Å²) in [6, 6.07) is 0.392. The van der Waals surface area contributed by atoms with Crippen LogP contribution < -0.4 is 0 Å². The van der Waals surface area contributed by atoms with Gasteiger partial charge in [0.1, 0.15) is 0 Å². The highest BCUT2D eigenvalue weighted by Gasteiger charge is 2.25. The Labute approximate surface area is 109 Å². The van der Waals surface area contributed by atoms with E-state index in [0.717, 1.165) is 32.5 Å². The molecule has 2 aliphatic heterocycles. The van der Waals surface area contributed by atoms with Gasteiger partial charge in [-0.15, -0.1) is 0 Å². The van der Waals surface area contributed by atoms with Gasteiger partial charge in [0.2, 0.25) is 0 Å². The van der Waals surface area contributed by atoms with Crippen molar-refractivity contribution in [2.24, 2.45) is 0 Å². The number of rotatable bonds is 5. The van der Waals surface area contributed by atoms with Gasteiger partial charge in [0, 0.05) is 25.7 Å². The van der Waals surface area contributed by atoms with Gasteiger partial charge in [-0.2, -0.15) is 0 Å². The minimum Gasteiger partial charge on any atom is -0.394 e. The second-order valence-corrected chi connectivity index (χ2v) is 5.15. The quantitative estimate of drug-likeness (QED) is 0.784. The predicted octanol–water partition coefficient (Wildman–Crippen LogP) is 0.611. The van der Waals surface area contributed by atoms with E-state index in [1.54, 1.807) is 0 Å². The van der Waals surface area contributed by atoms with Crippen LogP contribution in [0.5, 0.6) is 0 Å². The van der Waals surface area contributed by atoms with Crippen LogP contribution in [0.1, 0.15) is 26.2 Å². The van der Waals surface area contributed by atoms with Crippen molar-refractivity contribution in [2.75, 3.05) is 39.5 Å². The lowest BCUT2D eigenvalue weighted by Gasteiger charge is -2.37. The molecule has 0 aromatic heterocycles. The number of nitrogens with zero attached hydrogens (tertiary/aromatic N) is 1. The van der Waals surface area contributed by atoms with Crippen molar-refractivity contribution < 1.29 is 19.3 Å². The molecule has 0 aromatic carbocycles. The third kappa shape index (κ3) is 4.17. The van der Waals surface area contributed by atoms with Crippen molar-refractivity contribution in [2.45, 2.75) is 44.6 Å². The molecule has 5 heteroatoms. The molecule has 2 aliphatic rings. The summed E-state index contributed by atoms with van der Waals surface area (Å²) in [7, 11) is 0. The molecule has 0 aromatic rings. The maximum atomic E-state index is 9.12. The van der Waals surface area contributed by atoms with E-state index in [-0.39, 0.29) is 19.0 Å². The third-order valence-electron chi connectivity index (χ3n) is 3.66. The van der Waals surface area contributed by atoms with E-state index in [0.29, 0.717) is 19.3 Å². The van der Waals surface area contributed by atoms with Crippen molar-refractivity contribution in [3.8, 4) is 0 Å². The molecular weight excluding hydrogens is 234 g/mol. The molecule has 2 fully saturated rings. The smallest absolute Gasteiger partial charge is 0.157 e. The number of ether oxygens (including phenoxy) is 3. The number of aliphatic hydroxyl groups is 1. The Morgan fingerprint density at radius 2 is 2.22 bits per heavy atom. The van der Waals surface area contributed by atoms with Gasteiger partial charge in [-0.25, -0.2) is 0 Å². The van der Waals surface area contributed by atoms with Crippen molar-refractivity contribution in [3.05, 3.63) is 0 Å². The van der Waals surface area contributed by atoms with Crippen molar-refractivity contribution in [3.63, 3.8) is 0 Å². The van der Waals surface area contributed by atoms with Crippen LogP contribution in [0.4, 0.5) is 0 Å². The van der Waals surface area contributed by atoms with Gasteiger partial charge < -0.3 is 19.3 Å². The Morgan fingerprint density at radius 3 is 2.94 bits per heavy atom. The molecule has 0 bridgehead atoms. The molecule has 3 unspecified atom stereocenters. The summed E-state index contributed by atoms with van der Waals surface area (Å²) in [5.74, 6) is 0. The molecule has 0 radical (unpaired) electrons. The van der Waals surface area contributed by atoms with E-state index in [4.69, 9.17) is 19.3 Å². The molecular formula is C13H25NO4. The standard InChI is InChI=1S/C13H25NO4/c1-11-10-18-12(9-15)8-14(11)5-7-17-13-4-2-3-6-16-13/h11-13,15H,2-10H2,1H3. The molecule has 2 heterocycles. The van der Waals surface area contributed by atoms with Crippen molar-refractivity contribution >= 4 is 0 Å². The largest absolute Gasteiger partial charge is 0.394 e. The summed E-state index contributed by atoms with van der Waals surface area (Å²) < 4.78 is 16.8. The van der Waals surface area contributed by atoms with Gasteiger partial charge in [-0.3, -0.25) is 4.90 Å². The zero-order valence-corrected chi connectivity index (χ0v) is 11.2. The van der Waals surface area contributed by atoms with Crippen LogP contribution in [0, 0.1) is 0 Å². The van der Waals surface area contributed by atoms with Gasteiger partial charge in [-0.05, 0) is 26.2 Å². The summed E-state index contributed by atoms with van der Waals surface area (Å²) in [6.45, 7) is 6.09. The van der Waals surface area contributed by atoms with Crippen molar-refractivity contribution in [1.29, 1.82) is 0 Å². The highest BCUT2D eigenvalue weighted by molar-refractivity contribution is 4.76. The van der Waals surface area contributed by atoms with Crippen LogP contribution in [0.15, 0.2) is 0 Å². The fraction of sp³-hybridized carbons (Fsp3) is 1.00. The van der Waals surface area contributed by atoms with E-state index < -0.39 is 0 Å². The van der Waals surface area contributed by atoms with Gasteiger partial charge >= 0.3 is 0 Å². The van der Waals surface area contributed by atoms with E-state index in [1.807, 2.05) is 0 Å². The van der Waals surface area contributed by atoms with Crippen LogP contribution in [-0.4, -0.2) is 68.0 Å².